The molecule has 0 fully saturated rings. The summed E-state index contributed by atoms with van der Waals surface area (Å²) < 4.78 is 0. The topological polar surface area (TPSA) is 110 Å². The highest BCUT2D eigenvalue weighted by atomic mass is 16.2. The SMILES string of the molecule is CCNc1nc(NC(C)C)nc(N(C#N)[C@@H](C)C(=O)N(CC)CC)n1. The molecule has 138 valence electrons. The van der Waals surface area contributed by atoms with Gasteiger partial charge in [0.05, 0.1) is 0 Å². The van der Waals surface area contributed by atoms with Crippen molar-refractivity contribution in [2.24, 2.45) is 0 Å². The summed E-state index contributed by atoms with van der Waals surface area (Å²) in [6, 6.07) is -0.580. The summed E-state index contributed by atoms with van der Waals surface area (Å²) in [6.45, 7) is 13.1. The number of rotatable bonds is 9. The van der Waals surface area contributed by atoms with Gasteiger partial charge >= 0.3 is 0 Å². The second kappa shape index (κ2) is 9.61. The predicted octanol–water partition coefficient (Wildman–Crippen LogP) is 1.67. The van der Waals surface area contributed by atoms with Crippen LogP contribution in [0.3, 0.4) is 0 Å². The number of carbonyl (C=O) groups is 1. The number of hydrogen-bond acceptors (Lipinski definition) is 8. The van der Waals surface area contributed by atoms with E-state index in [1.807, 2.05) is 40.8 Å². The third-order valence-electron chi connectivity index (χ3n) is 3.52. The van der Waals surface area contributed by atoms with Gasteiger partial charge in [0.1, 0.15) is 6.04 Å². The molecule has 0 radical (unpaired) electrons. The zero-order valence-electron chi connectivity index (χ0n) is 15.9. The fraction of sp³-hybridized carbons (Fsp3) is 0.688. The van der Waals surface area contributed by atoms with Crippen molar-refractivity contribution >= 4 is 23.8 Å². The van der Waals surface area contributed by atoms with Crippen molar-refractivity contribution in [1.82, 2.24) is 19.9 Å². The van der Waals surface area contributed by atoms with Gasteiger partial charge in [0, 0.05) is 25.7 Å². The van der Waals surface area contributed by atoms with Crippen LogP contribution in [0.25, 0.3) is 0 Å². The Labute approximate surface area is 149 Å². The maximum absolute atomic E-state index is 12.6. The van der Waals surface area contributed by atoms with E-state index in [0.29, 0.717) is 31.5 Å². The zero-order valence-corrected chi connectivity index (χ0v) is 15.9. The number of anilines is 3. The molecule has 1 aromatic heterocycles. The number of likely N-dealkylation sites (N-methyl/N-ethyl adjacent to an activating group) is 1. The van der Waals surface area contributed by atoms with Gasteiger partial charge in [-0.15, -0.1) is 0 Å². The maximum atomic E-state index is 12.6. The summed E-state index contributed by atoms with van der Waals surface area (Å²) in [5, 5.41) is 15.7. The number of nitrogens with zero attached hydrogens (tertiary/aromatic N) is 6. The molecule has 1 heterocycles. The first kappa shape index (κ1) is 20.4. The highest BCUT2D eigenvalue weighted by molar-refractivity contribution is 5.85. The normalized spacial score (nSPS) is 11.6. The molecule has 25 heavy (non-hydrogen) atoms. The molecule has 0 bridgehead atoms. The zero-order chi connectivity index (χ0) is 19.0. The van der Waals surface area contributed by atoms with Crippen LogP contribution in [-0.4, -0.2) is 57.5 Å². The summed E-state index contributed by atoms with van der Waals surface area (Å²) in [5.41, 5.74) is 0. The van der Waals surface area contributed by atoms with Gasteiger partial charge in [-0.1, -0.05) is 0 Å². The number of nitrogens with one attached hydrogen (secondary N) is 2. The van der Waals surface area contributed by atoms with Gasteiger partial charge in [-0.25, -0.2) is 4.90 Å². The third kappa shape index (κ3) is 5.45. The molecule has 1 atom stereocenters. The second-order valence-corrected chi connectivity index (χ2v) is 5.77. The Morgan fingerprint density at radius 1 is 1.12 bits per heavy atom. The highest BCUT2D eigenvalue weighted by Gasteiger charge is 2.28. The Morgan fingerprint density at radius 2 is 1.72 bits per heavy atom. The van der Waals surface area contributed by atoms with Gasteiger partial charge in [-0.3, -0.25) is 4.79 Å². The minimum Gasteiger partial charge on any atom is -0.354 e. The first-order valence-electron chi connectivity index (χ1n) is 8.62. The molecule has 0 aliphatic carbocycles. The van der Waals surface area contributed by atoms with Crippen LogP contribution < -0.4 is 15.5 Å². The summed E-state index contributed by atoms with van der Waals surface area (Å²) in [4.78, 5) is 28.3. The van der Waals surface area contributed by atoms with Crippen molar-refractivity contribution in [3.63, 3.8) is 0 Å². The molecule has 0 saturated heterocycles. The van der Waals surface area contributed by atoms with Crippen LogP contribution in [0, 0.1) is 11.5 Å². The smallest absolute Gasteiger partial charge is 0.246 e. The minimum absolute atomic E-state index is 0.120. The van der Waals surface area contributed by atoms with Gasteiger partial charge in [-0.05, 0) is 41.5 Å². The van der Waals surface area contributed by atoms with Crippen molar-refractivity contribution in [2.75, 3.05) is 35.2 Å². The first-order valence-corrected chi connectivity index (χ1v) is 8.62. The van der Waals surface area contributed by atoms with Crippen LogP contribution in [0.1, 0.15) is 41.5 Å². The van der Waals surface area contributed by atoms with Crippen molar-refractivity contribution in [3.8, 4) is 6.19 Å². The van der Waals surface area contributed by atoms with Gasteiger partial charge in [0.2, 0.25) is 23.8 Å². The number of nitriles is 1. The van der Waals surface area contributed by atoms with E-state index in [1.165, 1.54) is 4.90 Å². The van der Waals surface area contributed by atoms with Crippen LogP contribution in [0.5, 0.6) is 0 Å². The van der Waals surface area contributed by atoms with E-state index in [9.17, 15) is 10.1 Å². The van der Waals surface area contributed by atoms with E-state index >= 15 is 0 Å². The van der Waals surface area contributed by atoms with E-state index in [-0.39, 0.29) is 17.9 Å². The fourth-order valence-corrected chi connectivity index (χ4v) is 2.25. The largest absolute Gasteiger partial charge is 0.354 e. The number of hydrogen-bond donors (Lipinski definition) is 2. The Morgan fingerprint density at radius 3 is 2.20 bits per heavy atom. The molecule has 0 spiro atoms. The molecule has 2 N–H and O–H groups in total. The lowest BCUT2D eigenvalue weighted by atomic mass is 10.2. The summed E-state index contributed by atoms with van der Waals surface area (Å²) in [6.07, 6.45) is 2.03. The molecular formula is C16H28N8O. The summed E-state index contributed by atoms with van der Waals surface area (Å²) in [7, 11) is 0. The minimum atomic E-state index is -0.700. The van der Waals surface area contributed by atoms with Gasteiger partial charge in [0.15, 0.2) is 6.19 Å². The van der Waals surface area contributed by atoms with Crippen LogP contribution in [0.15, 0.2) is 0 Å². The summed E-state index contributed by atoms with van der Waals surface area (Å²) >= 11 is 0. The van der Waals surface area contributed by atoms with E-state index in [1.54, 1.807) is 11.8 Å². The van der Waals surface area contributed by atoms with Gasteiger partial charge in [-0.2, -0.15) is 20.2 Å². The monoisotopic (exact) mass is 348 g/mol. The fourth-order valence-electron chi connectivity index (χ4n) is 2.25. The van der Waals surface area contributed by atoms with E-state index in [0.717, 1.165) is 0 Å². The average Bonchev–Trinajstić information content (AvgIpc) is 2.56. The third-order valence-corrected chi connectivity index (χ3v) is 3.52. The van der Waals surface area contributed by atoms with Crippen molar-refractivity contribution in [3.05, 3.63) is 0 Å². The summed E-state index contributed by atoms with van der Waals surface area (Å²) in [5.74, 6) is 0.719. The lowest BCUT2D eigenvalue weighted by molar-refractivity contribution is -0.131. The number of aromatic nitrogens is 3. The van der Waals surface area contributed by atoms with Crippen LogP contribution in [0.2, 0.25) is 0 Å². The Balaban J connectivity index is 3.22. The average molecular weight is 348 g/mol. The molecule has 0 aliphatic heterocycles. The molecule has 0 unspecified atom stereocenters. The predicted molar refractivity (Wildman–Crippen MR) is 98.2 cm³/mol. The quantitative estimate of drug-likeness (QED) is 0.512. The first-order chi connectivity index (χ1) is 11.9. The molecule has 0 aliphatic rings. The van der Waals surface area contributed by atoms with E-state index < -0.39 is 6.04 Å². The Bertz CT molecular complexity index is 609. The van der Waals surface area contributed by atoms with Gasteiger partial charge < -0.3 is 15.5 Å². The maximum Gasteiger partial charge on any atom is 0.246 e. The molecule has 1 rings (SSSR count). The molecular weight excluding hydrogens is 320 g/mol. The Hall–Kier alpha value is -2.63. The molecule has 0 aromatic carbocycles. The van der Waals surface area contributed by atoms with Gasteiger partial charge in [0.25, 0.3) is 0 Å². The van der Waals surface area contributed by atoms with Crippen LogP contribution in [-0.2, 0) is 4.79 Å². The van der Waals surface area contributed by atoms with Crippen molar-refractivity contribution < 1.29 is 4.79 Å². The lowest BCUT2D eigenvalue weighted by Gasteiger charge is -2.27. The Kier molecular flexibility index (Phi) is 7.85. The van der Waals surface area contributed by atoms with Crippen LogP contribution in [0.4, 0.5) is 17.8 Å². The standard InChI is InChI=1S/C16H28N8O/c1-7-18-14-20-15(19-11(4)5)22-16(21-14)24(10-17)12(6)13(25)23(8-2)9-3/h11-12H,7-9H2,1-6H3,(H2,18,19,20,21,22)/t12-/m0/s1. The van der Waals surface area contributed by atoms with Crippen molar-refractivity contribution in [2.45, 2.75) is 53.6 Å². The highest BCUT2D eigenvalue weighted by Crippen LogP contribution is 2.17. The number of amides is 1. The molecule has 9 nitrogen and oxygen atoms in total. The van der Waals surface area contributed by atoms with E-state index in [2.05, 4.69) is 25.6 Å². The number of carbonyl (C=O) groups excluding carboxylic acids is 1. The van der Waals surface area contributed by atoms with Crippen molar-refractivity contribution in [1.29, 1.82) is 5.26 Å². The molecule has 1 amide bonds. The molecule has 0 saturated carbocycles. The lowest BCUT2D eigenvalue weighted by Crippen LogP contribution is -2.46. The van der Waals surface area contributed by atoms with Crippen LogP contribution >= 0.6 is 0 Å². The molecule has 1 aromatic rings. The second-order valence-electron chi connectivity index (χ2n) is 5.77. The van der Waals surface area contributed by atoms with E-state index in [4.69, 9.17) is 0 Å². The molecule has 9 heteroatoms.